The highest BCUT2D eigenvalue weighted by Gasteiger charge is 2.23. The second kappa shape index (κ2) is 7.32. The molecule has 3 rings (SSSR count). The Morgan fingerprint density at radius 1 is 1.28 bits per heavy atom. The average Bonchev–Trinajstić information content (AvgIpc) is 2.62. The van der Waals surface area contributed by atoms with Gasteiger partial charge in [0.05, 0.1) is 0 Å². The van der Waals surface area contributed by atoms with Gasteiger partial charge in [0, 0.05) is 37.1 Å². The van der Waals surface area contributed by atoms with Crippen LogP contribution in [0.25, 0.3) is 0 Å². The summed E-state index contributed by atoms with van der Waals surface area (Å²) in [6, 6.07) is 5.19. The normalized spacial score (nSPS) is 16.0. The number of rotatable bonds is 5. The smallest absolute Gasteiger partial charge is 0.241 e. The Bertz CT molecular complexity index is 834. The van der Waals surface area contributed by atoms with Crippen molar-refractivity contribution in [3.63, 3.8) is 0 Å². The van der Waals surface area contributed by atoms with Crippen molar-refractivity contribution in [1.29, 1.82) is 0 Å². The molecular formula is C16H22N6O2S. The number of hydrogen-bond donors (Lipinski definition) is 2. The summed E-state index contributed by atoms with van der Waals surface area (Å²) in [4.78, 5) is 15.0. The van der Waals surface area contributed by atoms with Gasteiger partial charge in [0.25, 0.3) is 0 Å². The Labute approximate surface area is 147 Å². The summed E-state index contributed by atoms with van der Waals surface area (Å²) in [6.45, 7) is 3.73. The van der Waals surface area contributed by atoms with Crippen LogP contribution in [-0.2, 0) is 16.4 Å². The highest BCUT2D eigenvalue weighted by molar-refractivity contribution is 7.89. The van der Waals surface area contributed by atoms with Crippen LogP contribution < -0.4 is 15.4 Å². The molecule has 2 aromatic heterocycles. The van der Waals surface area contributed by atoms with Gasteiger partial charge in [-0.3, -0.25) is 0 Å². The summed E-state index contributed by atoms with van der Waals surface area (Å²) < 4.78 is 23.3. The van der Waals surface area contributed by atoms with E-state index in [2.05, 4.69) is 32.1 Å². The molecule has 0 spiro atoms. The fourth-order valence-electron chi connectivity index (χ4n) is 2.93. The molecule has 134 valence electrons. The van der Waals surface area contributed by atoms with Crippen LogP contribution in [0.15, 0.2) is 35.6 Å². The van der Waals surface area contributed by atoms with Gasteiger partial charge in [-0.2, -0.15) is 0 Å². The number of primary sulfonamides is 1. The van der Waals surface area contributed by atoms with Crippen molar-refractivity contribution in [2.45, 2.75) is 37.1 Å². The number of aromatic nitrogens is 3. The number of piperidine rings is 1. The summed E-state index contributed by atoms with van der Waals surface area (Å²) >= 11 is 0. The Hall–Kier alpha value is -2.26. The molecule has 3 heterocycles. The lowest BCUT2D eigenvalue weighted by molar-refractivity contribution is 0.520. The van der Waals surface area contributed by atoms with Gasteiger partial charge in [0.15, 0.2) is 0 Å². The van der Waals surface area contributed by atoms with E-state index in [-0.39, 0.29) is 10.9 Å². The second-order valence-electron chi connectivity index (χ2n) is 6.02. The van der Waals surface area contributed by atoms with Crippen molar-refractivity contribution in [2.24, 2.45) is 5.14 Å². The van der Waals surface area contributed by atoms with Crippen LogP contribution in [0.5, 0.6) is 0 Å². The highest BCUT2D eigenvalue weighted by Crippen LogP contribution is 2.23. The zero-order valence-corrected chi connectivity index (χ0v) is 14.9. The lowest BCUT2D eigenvalue weighted by Gasteiger charge is -2.33. The fraction of sp³-hybridized carbons (Fsp3) is 0.438. The van der Waals surface area contributed by atoms with Crippen LogP contribution >= 0.6 is 0 Å². The third-order valence-electron chi connectivity index (χ3n) is 4.31. The standard InChI is InChI=1S/C16H22N6O2S/c1-2-12-10-15(20-11-19-12)22-8-5-13(6-9-22)21-16-14(25(17,23)24)4-3-7-18-16/h3-4,7,10-11,13H,2,5-6,8-9H2,1H3,(H,18,21)(H2,17,23,24). The first-order valence-corrected chi connectivity index (χ1v) is 9.82. The Morgan fingerprint density at radius 3 is 2.72 bits per heavy atom. The molecule has 25 heavy (non-hydrogen) atoms. The number of nitrogens with one attached hydrogen (secondary N) is 1. The number of nitrogens with zero attached hydrogens (tertiary/aromatic N) is 4. The molecule has 1 aliphatic rings. The fourth-order valence-corrected chi connectivity index (χ4v) is 3.58. The third kappa shape index (κ3) is 4.23. The minimum absolute atomic E-state index is 0.0285. The first kappa shape index (κ1) is 17.6. The SMILES string of the molecule is CCc1cc(N2CCC(Nc3ncccc3S(N)(=O)=O)CC2)ncn1. The predicted octanol–water partition coefficient (Wildman–Crippen LogP) is 1.16. The van der Waals surface area contributed by atoms with Gasteiger partial charge < -0.3 is 10.2 Å². The van der Waals surface area contributed by atoms with Gasteiger partial charge in [-0.1, -0.05) is 6.92 Å². The topological polar surface area (TPSA) is 114 Å². The van der Waals surface area contributed by atoms with E-state index in [4.69, 9.17) is 5.14 Å². The van der Waals surface area contributed by atoms with Gasteiger partial charge in [-0.15, -0.1) is 0 Å². The zero-order valence-electron chi connectivity index (χ0n) is 14.1. The van der Waals surface area contributed by atoms with Crippen molar-refractivity contribution in [1.82, 2.24) is 15.0 Å². The average molecular weight is 362 g/mol. The molecule has 1 fully saturated rings. The number of nitrogens with two attached hydrogens (primary N) is 1. The predicted molar refractivity (Wildman–Crippen MR) is 95.9 cm³/mol. The van der Waals surface area contributed by atoms with Crippen LogP contribution in [-0.4, -0.2) is 42.5 Å². The molecule has 1 aliphatic heterocycles. The van der Waals surface area contributed by atoms with E-state index >= 15 is 0 Å². The summed E-state index contributed by atoms with van der Waals surface area (Å²) in [6.07, 6.45) is 5.74. The molecule has 9 heteroatoms. The molecule has 0 unspecified atom stereocenters. The lowest BCUT2D eigenvalue weighted by Crippen LogP contribution is -2.40. The molecule has 0 atom stereocenters. The summed E-state index contributed by atoms with van der Waals surface area (Å²) in [5, 5.41) is 8.48. The van der Waals surface area contributed by atoms with E-state index in [0.29, 0.717) is 5.82 Å². The third-order valence-corrected chi connectivity index (χ3v) is 5.25. The number of pyridine rings is 1. The van der Waals surface area contributed by atoms with E-state index in [9.17, 15) is 8.42 Å². The van der Waals surface area contributed by atoms with E-state index in [0.717, 1.165) is 43.9 Å². The molecule has 2 aromatic rings. The highest BCUT2D eigenvalue weighted by atomic mass is 32.2. The minimum atomic E-state index is -3.80. The van der Waals surface area contributed by atoms with Gasteiger partial charge in [0.2, 0.25) is 10.0 Å². The molecule has 8 nitrogen and oxygen atoms in total. The quantitative estimate of drug-likeness (QED) is 0.820. The van der Waals surface area contributed by atoms with Crippen molar-refractivity contribution in [3.05, 3.63) is 36.4 Å². The first-order chi connectivity index (χ1) is 12.0. The van der Waals surface area contributed by atoms with Crippen molar-refractivity contribution < 1.29 is 8.42 Å². The number of sulfonamides is 1. The molecular weight excluding hydrogens is 340 g/mol. The van der Waals surface area contributed by atoms with Crippen LogP contribution in [0.1, 0.15) is 25.5 Å². The molecule has 0 aromatic carbocycles. The molecule has 0 radical (unpaired) electrons. The van der Waals surface area contributed by atoms with E-state index < -0.39 is 10.0 Å². The van der Waals surface area contributed by atoms with Gasteiger partial charge in [0.1, 0.15) is 22.9 Å². The van der Waals surface area contributed by atoms with E-state index in [1.54, 1.807) is 18.6 Å². The lowest BCUT2D eigenvalue weighted by atomic mass is 10.0. The molecule has 0 amide bonds. The Morgan fingerprint density at radius 2 is 2.04 bits per heavy atom. The summed E-state index contributed by atoms with van der Waals surface area (Å²) in [5.74, 6) is 1.26. The van der Waals surface area contributed by atoms with Gasteiger partial charge in [-0.25, -0.2) is 28.5 Å². The largest absolute Gasteiger partial charge is 0.366 e. The van der Waals surface area contributed by atoms with Crippen LogP contribution in [0.2, 0.25) is 0 Å². The van der Waals surface area contributed by atoms with Crippen molar-refractivity contribution in [3.8, 4) is 0 Å². The maximum absolute atomic E-state index is 11.7. The number of aryl methyl sites for hydroxylation is 1. The van der Waals surface area contributed by atoms with Crippen molar-refractivity contribution >= 4 is 21.7 Å². The molecule has 1 saturated heterocycles. The zero-order chi connectivity index (χ0) is 17.9. The first-order valence-electron chi connectivity index (χ1n) is 8.27. The maximum atomic E-state index is 11.7. The molecule has 0 aliphatic carbocycles. The summed E-state index contributed by atoms with van der Waals surface area (Å²) in [7, 11) is -3.80. The summed E-state index contributed by atoms with van der Waals surface area (Å²) in [5.41, 5.74) is 1.02. The monoisotopic (exact) mass is 362 g/mol. The number of anilines is 2. The van der Waals surface area contributed by atoms with E-state index in [1.165, 1.54) is 6.07 Å². The maximum Gasteiger partial charge on any atom is 0.241 e. The van der Waals surface area contributed by atoms with E-state index in [1.807, 2.05) is 6.07 Å². The number of hydrogen-bond acceptors (Lipinski definition) is 7. The second-order valence-corrected chi connectivity index (χ2v) is 7.55. The van der Waals surface area contributed by atoms with Crippen LogP contribution in [0, 0.1) is 0 Å². The molecule has 0 bridgehead atoms. The van der Waals surface area contributed by atoms with Crippen molar-refractivity contribution in [2.75, 3.05) is 23.3 Å². The van der Waals surface area contributed by atoms with Crippen LogP contribution in [0.4, 0.5) is 11.6 Å². The van der Waals surface area contributed by atoms with Gasteiger partial charge >= 0.3 is 0 Å². The molecule has 3 N–H and O–H groups in total. The molecule has 0 saturated carbocycles. The van der Waals surface area contributed by atoms with Gasteiger partial charge in [-0.05, 0) is 31.4 Å². The Balaban J connectivity index is 1.66. The minimum Gasteiger partial charge on any atom is -0.366 e. The Kier molecular flexibility index (Phi) is 5.14. The van der Waals surface area contributed by atoms with Crippen LogP contribution in [0.3, 0.4) is 0 Å².